The van der Waals surface area contributed by atoms with E-state index in [1.54, 1.807) is 25.1 Å². The van der Waals surface area contributed by atoms with Crippen molar-refractivity contribution in [2.24, 2.45) is 0 Å². The fourth-order valence-corrected chi connectivity index (χ4v) is 3.11. The van der Waals surface area contributed by atoms with Gasteiger partial charge in [-0.3, -0.25) is 9.59 Å². The van der Waals surface area contributed by atoms with Gasteiger partial charge in [0.15, 0.2) is 6.61 Å². The molecule has 0 fully saturated rings. The van der Waals surface area contributed by atoms with Crippen LogP contribution < -0.4 is 10.1 Å². The second kappa shape index (κ2) is 9.74. The molecule has 2 amide bonds. The van der Waals surface area contributed by atoms with E-state index in [1.807, 2.05) is 52.8 Å². The number of hydrogen-bond acceptors (Lipinski definition) is 3. The fourth-order valence-electron chi connectivity index (χ4n) is 3.11. The summed E-state index contributed by atoms with van der Waals surface area (Å²) < 4.78 is 19.9. The third-order valence-corrected chi connectivity index (χ3v) is 4.52. The number of nitrogens with one attached hydrogen (secondary N) is 1. The van der Waals surface area contributed by atoms with E-state index in [0.717, 1.165) is 11.1 Å². The van der Waals surface area contributed by atoms with Crippen LogP contribution in [0.15, 0.2) is 42.5 Å². The van der Waals surface area contributed by atoms with Gasteiger partial charge < -0.3 is 15.0 Å². The molecule has 0 aliphatic rings. The average molecular weight is 415 g/mol. The maximum absolute atomic E-state index is 14.2. The first kappa shape index (κ1) is 23.4. The highest BCUT2D eigenvalue weighted by Gasteiger charge is 2.29. The molecule has 0 heterocycles. The first-order chi connectivity index (χ1) is 14.0. The molecule has 6 heteroatoms. The maximum atomic E-state index is 14.2. The van der Waals surface area contributed by atoms with Crippen molar-refractivity contribution in [2.45, 2.75) is 59.7 Å². The number of halogens is 1. The topological polar surface area (TPSA) is 58.6 Å². The van der Waals surface area contributed by atoms with Crippen LogP contribution in [-0.2, 0) is 16.1 Å². The van der Waals surface area contributed by atoms with Gasteiger partial charge in [0.1, 0.15) is 17.6 Å². The molecule has 0 aliphatic heterocycles. The van der Waals surface area contributed by atoms with Gasteiger partial charge in [-0.15, -0.1) is 0 Å². The number of nitrogens with zero attached hydrogens (tertiary/aromatic N) is 1. The number of benzene rings is 2. The lowest BCUT2D eigenvalue weighted by Gasteiger charge is -2.31. The standard InChI is InChI=1S/C24H31FN2O3/c1-16-11-17(2)13-20(12-16)30-15-22(28)27(14-19-9-7-8-10-21(19)25)18(3)23(29)26-24(4,5)6/h7-13,18H,14-15H2,1-6H3,(H,26,29)/t18-/m1/s1. The second-order valence-electron chi connectivity index (χ2n) is 8.64. The van der Waals surface area contributed by atoms with Crippen molar-refractivity contribution in [1.82, 2.24) is 10.2 Å². The summed E-state index contributed by atoms with van der Waals surface area (Å²) in [5.74, 6) is -0.542. The molecule has 0 bridgehead atoms. The van der Waals surface area contributed by atoms with Crippen molar-refractivity contribution in [3.05, 3.63) is 65.0 Å². The first-order valence-electron chi connectivity index (χ1n) is 10.0. The van der Waals surface area contributed by atoms with Gasteiger partial charge in [0.25, 0.3) is 5.91 Å². The Kier molecular flexibility index (Phi) is 7.59. The van der Waals surface area contributed by atoms with Crippen LogP contribution >= 0.6 is 0 Å². The van der Waals surface area contributed by atoms with E-state index in [4.69, 9.17) is 4.74 Å². The van der Waals surface area contributed by atoms with Gasteiger partial charge >= 0.3 is 0 Å². The molecule has 2 aromatic rings. The molecule has 0 saturated heterocycles. The van der Waals surface area contributed by atoms with Gasteiger partial charge in [-0.05, 0) is 70.9 Å². The molecule has 0 aliphatic carbocycles. The minimum atomic E-state index is -0.792. The number of aryl methyl sites for hydroxylation is 2. The van der Waals surface area contributed by atoms with E-state index in [9.17, 15) is 14.0 Å². The molecule has 5 nitrogen and oxygen atoms in total. The Hall–Kier alpha value is -2.89. The van der Waals surface area contributed by atoms with Crippen molar-refractivity contribution in [2.75, 3.05) is 6.61 Å². The van der Waals surface area contributed by atoms with E-state index in [2.05, 4.69) is 5.32 Å². The maximum Gasteiger partial charge on any atom is 0.261 e. The van der Waals surface area contributed by atoms with E-state index in [1.165, 1.54) is 11.0 Å². The number of carbonyl (C=O) groups is 2. The number of amides is 2. The summed E-state index contributed by atoms with van der Waals surface area (Å²) in [4.78, 5) is 27.1. The smallest absolute Gasteiger partial charge is 0.261 e. The van der Waals surface area contributed by atoms with E-state index in [0.29, 0.717) is 11.3 Å². The SMILES string of the molecule is Cc1cc(C)cc(OCC(=O)N(Cc2ccccc2F)[C@H](C)C(=O)NC(C)(C)C)c1. The zero-order chi connectivity index (χ0) is 22.5. The molecule has 30 heavy (non-hydrogen) atoms. The summed E-state index contributed by atoms with van der Waals surface area (Å²) in [6, 6.07) is 11.1. The van der Waals surface area contributed by atoms with Crippen LogP contribution in [0.3, 0.4) is 0 Å². The monoisotopic (exact) mass is 414 g/mol. The van der Waals surface area contributed by atoms with E-state index >= 15 is 0 Å². The number of ether oxygens (including phenoxy) is 1. The Labute approximate surface area is 178 Å². The van der Waals surface area contributed by atoms with Gasteiger partial charge in [0.2, 0.25) is 5.91 Å². The van der Waals surface area contributed by atoms with Gasteiger partial charge in [-0.1, -0.05) is 24.3 Å². The zero-order valence-corrected chi connectivity index (χ0v) is 18.6. The first-order valence-corrected chi connectivity index (χ1v) is 10.0. The molecule has 1 atom stereocenters. The normalized spacial score (nSPS) is 12.2. The minimum absolute atomic E-state index is 0.0273. The van der Waals surface area contributed by atoms with Gasteiger partial charge in [0, 0.05) is 17.6 Å². The summed E-state index contributed by atoms with van der Waals surface area (Å²) in [6.07, 6.45) is 0. The Bertz CT molecular complexity index is 885. The largest absolute Gasteiger partial charge is 0.484 e. The van der Waals surface area contributed by atoms with Crippen LogP contribution in [0.5, 0.6) is 5.75 Å². The molecular weight excluding hydrogens is 383 g/mol. The molecule has 2 aromatic carbocycles. The third-order valence-electron chi connectivity index (χ3n) is 4.52. The number of carbonyl (C=O) groups excluding carboxylic acids is 2. The number of rotatable bonds is 7. The fraction of sp³-hybridized carbons (Fsp3) is 0.417. The lowest BCUT2D eigenvalue weighted by atomic mass is 10.1. The molecule has 2 rings (SSSR count). The highest BCUT2D eigenvalue weighted by molar-refractivity contribution is 5.88. The summed E-state index contributed by atoms with van der Waals surface area (Å²) in [6.45, 7) is 10.9. The predicted octanol–water partition coefficient (Wildman–Crippen LogP) is 4.15. The van der Waals surface area contributed by atoms with Gasteiger partial charge in [-0.2, -0.15) is 0 Å². The van der Waals surface area contributed by atoms with Crippen molar-refractivity contribution in [1.29, 1.82) is 0 Å². The molecule has 0 spiro atoms. The summed E-state index contributed by atoms with van der Waals surface area (Å²) in [5.41, 5.74) is 1.94. The lowest BCUT2D eigenvalue weighted by Crippen LogP contribution is -2.53. The van der Waals surface area contributed by atoms with Crippen LogP contribution in [0, 0.1) is 19.7 Å². The van der Waals surface area contributed by atoms with Crippen molar-refractivity contribution in [3.8, 4) is 5.75 Å². The van der Waals surface area contributed by atoms with Gasteiger partial charge in [-0.25, -0.2) is 4.39 Å². The minimum Gasteiger partial charge on any atom is -0.484 e. The van der Waals surface area contributed by atoms with Crippen molar-refractivity contribution < 1.29 is 18.7 Å². The highest BCUT2D eigenvalue weighted by atomic mass is 19.1. The average Bonchev–Trinajstić information content (AvgIpc) is 2.63. The molecule has 0 unspecified atom stereocenters. The predicted molar refractivity (Wildman–Crippen MR) is 116 cm³/mol. The Morgan fingerprint density at radius 1 is 1.10 bits per heavy atom. The molecule has 0 saturated carbocycles. The summed E-state index contributed by atoms with van der Waals surface area (Å²) in [7, 11) is 0. The molecule has 0 aromatic heterocycles. The lowest BCUT2D eigenvalue weighted by molar-refractivity contribution is -0.142. The van der Waals surface area contributed by atoms with Crippen molar-refractivity contribution in [3.63, 3.8) is 0 Å². The molecule has 0 radical (unpaired) electrons. The highest BCUT2D eigenvalue weighted by Crippen LogP contribution is 2.18. The Morgan fingerprint density at radius 3 is 2.27 bits per heavy atom. The quantitative estimate of drug-likeness (QED) is 0.740. The Balaban J connectivity index is 2.21. The molecule has 1 N–H and O–H groups in total. The van der Waals surface area contributed by atoms with Gasteiger partial charge in [0.05, 0.1) is 0 Å². The molecular formula is C24H31FN2O3. The Morgan fingerprint density at radius 2 is 1.70 bits per heavy atom. The van der Waals surface area contributed by atoms with Crippen LogP contribution in [0.2, 0.25) is 0 Å². The van der Waals surface area contributed by atoms with Crippen molar-refractivity contribution >= 4 is 11.8 Å². The number of hydrogen-bond donors (Lipinski definition) is 1. The zero-order valence-electron chi connectivity index (χ0n) is 18.6. The second-order valence-corrected chi connectivity index (χ2v) is 8.64. The van der Waals surface area contributed by atoms with E-state index in [-0.39, 0.29) is 19.1 Å². The summed E-state index contributed by atoms with van der Waals surface area (Å²) in [5, 5.41) is 2.88. The van der Waals surface area contributed by atoms with E-state index < -0.39 is 23.3 Å². The van der Waals surface area contributed by atoms with Crippen LogP contribution in [-0.4, -0.2) is 34.9 Å². The molecule has 162 valence electrons. The summed E-state index contributed by atoms with van der Waals surface area (Å²) >= 11 is 0. The van der Waals surface area contributed by atoms with Crippen LogP contribution in [0.4, 0.5) is 4.39 Å². The van der Waals surface area contributed by atoms with Crippen LogP contribution in [0.25, 0.3) is 0 Å². The third kappa shape index (κ3) is 6.87. The van der Waals surface area contributed by atoms with Crippen LogP contribution in [0.1, 0.15) is 44.4 Å².